The Balaban J connectivity index is 2.34. The maximum Gasteiger partial charge on any atom is 0.271 e. The highest BCUT2D eigenvalue weighted by Gasteiger charge is 2.25. The molecule has 0 atom stereocenters. The summed E-state index contributed by atoms with van der Waals surface area (Å²) in [7, 11) is -1.43. The maximum absolute atomic E-state index is 14.2. The molecule has 2 rings (SSSR count). The zero-order valence-corrected chi connectivity index (χ0v) is 15.1. The lowest BCUT2D eigenvalue weighted by Crippen LogP contribution is -2.25. The largest absolute Gasteiger partial charge is 0.497 e. The van der Waals surface area contributed by atoms with Gasteiger partial charge >= 0.3 is 0 Å². The molecule has 140 valence electrons. The number of benzene rings is 2. The van der Waals surface area contributed by atoms with Crippen molar-refractivity contribution in [1.29, 1.82) is 0 Å². The molecular formula is C16H17FN2O6S. The second-order valence-electron chi connectivity index (χ2n) is 5.33. The van der Waals surface area contributed by atoms with Crippen molar-refractivity contribution in [2.24, 2.45) is 0 Å². The second-order valence-corrected chi connectivity index (χ2v) is 7.07. The minimum absolute atomic E-state index is 0.137. The van der Waals surface area contributed by atoms with Gasteiger partial charge in [-0.3, -0.25) is 10.1 Å². The van der Waals surface area contributed by atoms with E-state index in [4.69, 9.17) is 9.47 Å². The van der Waals surface area contributed by atoms with Gasteiger partial charge in [-0.1, -0.05) is 6.07 Å². The SMILES string of the molecule is COc1ccc(CNS(=O)(=O)c2cc([N+](=O)[O-])cc(C)c2F)c(OC)c1. The van der Waals surface area contributed by atoms with E-state index in [0.29, 0.717) is 23.1 Å². The predicted octanol–water partition coefficient (Wildman–Crippen LogP) is 2.54. The number of rotatable bonds is 7. The van der Waals surface area contributed by atoms with Crippen molar-refractivity contribution in [3.63, 3.8) is 0 Å². The van der Waals surface area contributed by atoms with E-state index in [2.05, 4.69) is 4.72 Å². The monoisotopic (exact) mass is 384 g/mol. The first-order chi connectivity index (χ1) is 12.2. The molecule has 0 spiro atoms. The molecule has 0 radical (unpaired) electrons. The molecule has 1 N–H and O–H groups in total. The van der Waals surface area contributed by atoms with Gasteiger partial charge in [-0.15, -0.1) is 0 Å². The third kappa shape index (κ3) is 4.09. The third-order valence-electron chi connectivity index (χ3n) is 3.65. The van der Waals surface area contributed by atoms with Gasteiger partial charge in [0.05, 0.1) is 19.1 Å². The number of nitro groups is 1. The molecule has 2 aromatic rings. The molecule has 0 aromatic heterocycles. The molecule has 10 heteroatoms. The number of nitrogens with one attached hydrogen (secondary N) is 1. The van der Waals surface area contributed by atoms with Crippen molar-refractivity contribution in [3.05, 3.63) is 57.4 Å². The molecule has 0 saturated heterocycles. The fourth-order valence-corrected chi connectivity index (χ4v) is 3.44. The summed E-state index contributed by atoms with van der Waals surface area (Å²) in [4.78, 5) is 9.35. The number of non-ortho nitro benzene ring substituents is 1. The van der Waals surface area contributed by atoms with Crippen molar-refractivity contribution >= 4 is 15.7 Å². The number of hydrogen-bond donors (Lipinski definition) is 1. The van der Waals surface area contributed by atoms with Crippen LogP contribution in [0.1, 0.15) is 11.1 Å². The topological polar surface area (TPSA) is 108 Å². The fraction of sp³-hybridized carbons (Fsp3) is 0.250. The summed E-state index contributed by atoms with van der Waals surface area (Å²) in [5.41, 5.74) is -0.160. The Morgan fingerprint density at radius 1 is 1.19 bits per heavy atom. The quantitative estimate of drug-likeness (QED) is 0.581. The normalized spacial score (nSPS) is 11.2. The minimum atomic E-state index is -4.32. The number of nitrogens with zero attached hydrogens (tertiary/aromatic N) is 1. The Kier molecular flexibility index (Phi) is 5.78. The van der Waals surface area contributed by atoms with Crippen LogP contribution in [0.4, 0.5) is 10.1 Å². The Labute approximate surface area is 149 Å². The highest BCUT2D eigenvalue weighted by Crippen LogP contribution is 2.27. The number of halogens is 1. The van der Waals surface area contributed by atoms with Gasteiger partial charge in [-0.05, 0) is 18.6 Å². The summed E-state index contributed by atoms with van der Waals surface area (Å²) in [6.45, 7) is 1.06. The van der Waals surface area contributed by atoms with Gasteiger partial charge in [-0.2, -0.15) is 0 Å². The van der Waals surface area contributed by atoms with Crippen LogP contribution in [0.25, 0.3) is 0 Å². The lowest BCUT2D eigenvalue weighted by Gasteiger charge is -2.12. The smallest absolute Gasteiger partial charge is 0.271 e. The Morgan fingerprint density at radius 2 is 1.88 bits per heavy atom. The summed E-state index contributed by atoms with van der Waals surface area (Å²) in [5.74, 6) is -0.138. The predicted molar refractivity (Wildman–Crippen MR) is 91.4 cm³/mol. The van der Waals surface area contributed by atoms with Gasteiger partial charge in [0.1, 0.15) is 22.2 Å². The highest BCUT2D eigenvalue weighted by molar-refractivity contribution is 7.89. The lowest BCUT2D eigenvalue weighted by atomic mass is 10.2. The molecule has 0 aliphatic heterocycles. The number of hydrogen-bond acceptors (Lipinski definition) is 6. The average Bonchev–Trinajstić information content (AvgIpc) is 2.61. The Hall–Kier alpha value is -2.72. The van der Waals surface area contributed by atoms with Gasteiger partial charge in [-0.25, -0.2) is 17.5 Å². The van der Waals surface area contributed by atoms with E-state index in [-0.39, 0.29) is 12.1 Å². The van der Waals surface area contributed by atoms with E-state index in [9.17, 15) is 22.9 Å². The van der Waals surface area contributed by atoms with Crippen molar-refractivity contribution in [2.75, 3.05) is 14.2 Å². The van der Waals surface area contributed by atoms with Crippen molar-refractivity contribution in [2.45, 2.75) is 18.4 Å². The summed E-state index contributed by atoms with van der Waals surface area (Å²) in [5, 5.41) is 10.9. The summed E-state index contributed by atoms with van der Waals surface area (Å²) in [6, 6.07) is 6.44. The van der Waals surface area contributed by atoms with Crippen LogP contribution in [-0.2, 0) is 16.6 Å². The van der Waals surface area contributed by atoms with Crippen LogP contribution in [0, 0.1) is 22.9 Å². The third-order valence-corrected chi connectivity index (χ3v) is 5.05. The zero-order chi connectivity index (χ0) is 19.5. The summed E-state index contributed by atoms with van der Waals surface area (Å²) < 4.78 is 51.6. The second kappa shape index (κ2) is 7.67. The van der Waals surface area contributed by atoms with Gasteiger partial charge in [0, 0.05) is 30.3 Å². The van der Waals surface area contributed by atoms with E-state index >= 15 is 0 Å². The van der Waals surface area contributed by atoms with Crippen molar-refractivity contribution < 1.29 is 27.2 Å². The van der Waals surface area contributed by atoms with Gasteiger partial charge in [0.15, 0.2) is 0 Å². The van der Waals surface area contributed by atoms with Gasteiger partial charge in [0.25, 0.3) is 5.69 Å². The fourth-order valence-electron chi connectivity index (χ4n) is 2.27. The molecule has 0 unspecified atom stereocenters. The molecule has 0 aliphatic carbocycles. The van der Waals surface area contributed by atoms with Gasteiger partial charge < -0.3 is 9.47 Å². The van der Waals surface area contributed by atoms with E-state index in [0.717, 1.165) is 6.07 Å². The first kappa shape index (κ1) is 19.6. The lowest BCUT2D eigenvalue weighted by molar-refractivity contribution is -0.385. The van der Waals surface area contributed by atoms with Crippen LogP contribution < -0.4 is 14.2 Å². The van der Waals surface area contributed by atoms with Crippen LogP contribution in [0.5, 0.6) is 11.5 Å². The van der Waals surface area contributed by atoms with E-state index in [1.54, 1.807) is 18.2 Å². The average molecular weight is 384 g/mol. The first-order valence-electron chi connectivity index (χ1n) is 7.34. The summed E-state index contributed by atoms with van der Waals surface area (Å²) >= 11 is 0. The number of nitro benzene ring substituents is 1. The van der Waals surface area contributed by atoms with Crippen LogP contribution >= 0.6 is 0 Å². The van der Waals surface area contributed by atoms with Gasteiger partial charge in [0.2, 0.25) is 10.0 Å². The molecule has 0 amide bonds. The molecule has 26 heavy (non-hydrogen) atoms. The van der Waals surface area contributed by atoms with Crippen molar-refractivity contribution in [3.8, 4) is 11.5 Å². The Morgan fingerprint density at radius 3 is 2.46 bits per heavy atom. The summed E-state index contributed by atoms with van der Waals surface area (Å²) in [6.07, 6.45) is 0. The minimum Gasteiger partial charge on any atom is -0.497 e. The van der Waals surface area contributed by atoms with E-state index in [1.807, 2.05) is 0 Å². The van der Waals surface area contributed by atoms with E-state index < -0.39 is 31.3 Å². The first-order valence-corrected chi connectivity index (χ1v) is 8.83. The molecule has 0 heterocycles. The Bertz CT molecular complexity index is 946. The van der Waals surface area contributed by atoms with Crippen molar-refractivity contribution in [1.82, 2.24) is 4.72 Å². The molecule has 0 saturated carbocycles. The molecule has 0 bridgehead atoms. The molecule has 8 nitrogen and oxygen atoms in total. The molecule has 0 fully saturated rings. The number of aryl methyl sites for hydroxylation is 1. The van der Waals surface area contributed by atoms with Crippen LogP contribution in [0.2, 0.25) is 0 Å². The number of ether oxygens (including phenoxy) is 2. The molecule has 0 aliphatic rings. The van der Waals surface area contributed by atoms with Crippen LogP contribution in [-0.4, -0.2) is 27.6 Å². The molecular weight excluding hydrogens is 367 g/mol. The van der Waals surface area contributed by atoms with E-state index in [1.165, 1.54) is 21.1 Å². The maximum atomic E-state index is 14.2. The molecule has 2 aromatic carbocycles. The van der Waals surface area contributed by atoms with Crippen LogP contribution in [0.3, 0.4) is 0 Å². The number of sulfonamides is 1. The standard InChI is InChI=1S/C16H17FN2O6S/c1-10-6-12(19(20)21)7-15(16(10)17)26(22,23)18-9-11-4-5-13(24-2)8-14(11)25-3/h4-8,18H,9H2,1-3H3. The number of methoxy groups -OCH3 is 2. The zero-order valence-electron chi connectivity index (χ0n) is 14.3. The highest BCUT2D eigenvalue weighted by atomic mass is 32.2. The van der Waals surface area contributed by atoms with Crippen LogP contribution in [0.15, 0.2) is 35.2 Å².